The minimum atomic E-state index is -1.26. The number of halogens is 2. The second-order valence-corrected chi connectivity index (χ2v) is 9.62. The number of hydrogen-bond acceptors (Lipinski definition) is 7. The molecule has 0 radical (unpaired) electrons. The van der Waals surface area contributed by atoms with Crippen LogP contribution in [0.5, 0.6) is 0 Å². The van der Waals surface area contributed by atoms with Crippen LogP contribution in [0.3, 0.4) is 0 Å². The molecule has 7 nitrogen and oxygen atoms in total. The second-order valence-electron chi connectivity index (χ2n) is 9.21. The molecule has 0 amide bonds. The molecule has 0 aromatic carbocycles. The summed E-state index contributed by atoms with van der Waals surface area (Å²) >= 11 is 6.48. The Hall–Kier alpha value is -2.00. The van der Waals surface area contributed by atoms with Crippen molar-refractivity contribution in [3.63, 3.8) is 0 Å². The normalized spacial score (nSPS) is 22.3. The zero-order valence-electron chi connectivity index (χ0n) is 19.8. The number of nitrogens with one attached hydrogen (secondary N) is 3. The minimum Gasteiger partial charge on any atom is -0.383 e. The molecule has 0 spiro atoms. The van der Waals surface area contributed by atoms with Crippen molar-refractivity contribution in [3.05, 3.63) is 35.5 Å². The third kappa shape index (κ3) is 7.01. The third-order valence-corrected chi connectivity index (χ3v) is 6.98. The van der Waals surface area contributed by atoms with E-state index in [-0.39, 0.29) is 6.54 Å². The van der Waals surface area contributed by atoms with Gasteiger partial charge in [-0.05, 0) is 43.9 Å². The van der Waals surface area contributed by atoms with E-state index in [1.54, 1.807) is 13.3 Å². The van der Waals surface area contributed by atoms with Crippen molar-refractivity contribution in [1.29, 1.82) is 0 Å². The predicted molar refractivity (Wildman–Crippen MR) is 134 cm³/mol. The lowest BCUT2D eigenvalue weighted by Gasteiger charge is -2.30. The van der Waals surface area contributed by atoms with Crippen LogP contribution >= 0.6 is 11.6 Å². The maximum absolute atomic E-state index is 14.9. The highest BCUT2D eigenvalue weighted by atomic mass is 35.5. The lowest BCUT2D eigenvalue weighted by Crippen LogP contribution is -2.38. The monoisotopic (exact) mass is 491 g/mol. The quantitative estimate of drug-likeness (QED) is 0.416. The lowest BCUT2D eigenvalue weighted by molar-refractivity contribution is -0.00119. The molecule has 0 atom stereocenters. The van der Waals surface area contributed by atoms with Gasteiger partial charge in [-0.1, -0.05) is 17.7 Å². The molecular formula is C25H35ClFN5O2. The smallest absolute Gasteiger partial charge is 0.132 e. The van der Waals surface area contributed by atoms with E-state index in [0.29, 0.717) is 49.0 Å². The molecule has 2 aliphatic rings. The molecule has 4 rings (SSSR count). The van der Waals surface area contributed by atoms with Crippen LogP contribution in [-0.2, 0) is 9.47 Å². The highest BCUT2D eigenvalue weighted by molar-refractivity contribution is 6.33. The SMILES string of the molecule is COCCNC1CCC(Nc2cc(-c3cccc(NCC4(F)CCOCC4)n3)c(Cl)cn2)CC1. The van der Waals surface area contributed by atoms with E-state index in [9.17, 15) is 4.39 Å². The molecule has 0 bridgehead atoms. The van der Waals surface area contributed by atoms with Gasteiger partial charge < -0.3 is 25.4 Å². The van der Waals surface area contributed by atoms with E-state index in [4.69, 9.17) is 21.1 Å². The van der Waals surface area contributed by atoms with Gasteiger partial charge in [-0.15, -0.1) is 0 Å². The van der Waals surface area contributed by atoms with Crippen molar-refractivity contribution in [2.75, 3.05) is 50.7 Å². The minimum absolute atomic E-state index is 0.215. The third-order valence-electron chi connectivity index (χ3n) is 6.67. The first kappa shape index (κ1) is 25.1. The molecule has 2 aromatic rings. The van der Waals surface area contributed by atoms with Gasteiger partial charge in [0.2, 0.25) is 0 Å². The van der Waals surface area contributed by atoms with E-state index in [1.807, 2.05) is 24.3 Å². The molecular weight excluding hydrogens is 457 g/mol. The summed E-state index contributed by atoms with van der Waals surface area (Å²) in [5.74, 6) is 1.42. The molecule has 3 N–H and O–H groups in total. The molecule has 1 aliphatic carbocycles. The number of rotatable bonds is 10. The van der Waals surface area contributed by atoms with Crippen LogP contribution in [-0.4, -0.2) is 67.7 Å². The Morgan fingerprint density at radius 2 is 1.91 bits per heavy atom. The first-order valence-electron chi connectivity index (χ1n) is 12.2. The fourth-order valence-electron chi connectivity index (χ4n) is 4.58. The van der Waals surface area contributed by atoms with Crippen molar-refractivity contribution in [2.45, 2.75) is 56.3 Å². The van der Waals surface area contributed by atoms with E-state index in [2.05, 4.69) is 25.9 Å². The predicted octanol–water partition coefficient (Wildman–Crippen LogP) is 4.69. The highest BCUT2D eigenvalue weighted by Gasteiger charge is 2.32. The van der Waals surface area contributed by atoms with Crippen molar-refractivity contribution < 1.29 is 13.9 Å². The number of anilines is 2. The van der Waals surface area contributed by atoms with Crippen molar-refractivity contribution in [1.82, 2.24) is 15.3 Å². The first-order chi connectivity index (χ1) is 16.5. The molecule has 9 heteroatoms. The van der Waals surface area contributed by atoms with Crippen LogP contribution in [0.2, 0.25) is 5.02 Å². The van der Waals surface area contributed by atoms with Gasteiger partial charge in [0, 0.05) is 63.6 Å². The Morgan fingerprint density at radius 1 is 1.15 bits per heavy atom. The van der Waals surface area contributed by atoms with E-state index >= 15 is 0 Å². The van der Waals surface area contributed by atoms with Crippen molar-refractivity contribution in [3.8, 4) is 11.3 Å². The first-order valence-corrected chi connectivity index (χ1v) is 12.5. The van der Waals surface area contributed by atoms with Crippen molar-refractivity contribution in [2.24, 2.45) is 0 Å². The summed E-state index contributed by atoms with van der Waals surface area (Å²) < 4.78 is 25.3. The van der Waals surface area contributed by atoms with Gasteiger partial charge in [-0.2, -0.15) is 0 Å². The molecule has 1 saturated carbocycles. The average molecular weight is 492 g/mol. The van der Waals surface area contributed by atoms with E-state index in [0.717, 1.165) is 55.9 Å². The van der Waals surface area contributed by atoms with Crippen LogP contribution in [0.15, 0.2) is 30.5 Å². The van der Waals surface area contributed by atoms with E-state index in [1.165, 1.54) is 0 Å². The fraction of sp³-hybridized carbons (Fsp3) is 0.600. The molecule has 3 heterocycles. The topological polar surface area (TPSA) is 80.3 Å². The fourth-order valence-corrected chi connectivity index (χ4v) is 4.78. The van der Waals surface area contributed by atoms with Gasteiger partial charge in [0.25, 0.3) is 0 Å². The molecule has 1 aliphatic heterocycles. The number of hydrogen-bond donors (Lipinski definition) is 3. The maximum atomic E-state index is 14.9. The van der Waals surface area contributed by atoms with E-state index < -0.39 is 5.67 Å². The summed E-state index contributed by atoms with van der Waals surface area (Å²) in [4.78, 5) is 9.17. The number of nitrogens with zero attached hydrogens (tertiary/aromatic N) is 2. The van der Waals surface area contributed by atoms with Crippen molar-refractivity contribution >= 4 is 23.2 Å². The Balaban J connectivity index is 1.36. The van der Waals surface area contributed by atoms with Crippen LogP contribution in [0.1, 0.15) is 38.5 Å². The Morgan fingerprint density at radius 3 is 2.68 bits per heavy atom. The average Bonchev–Trinajstić information content (AvgIpc) is 2.86. The number of pyridine rings is 2. The summed E-state index contributed by atoms with van der Waals surface area (Å²) in [6, 6.07) is 8.54. The molecule has 2 fully saturated rings. The molecule has 1 saturated heterocycles. The van der Waals surface area contributed by atoms with Crippen LogP contribution in [0.4, 0.5) is 16.0 Å². The summed E-state index contributed by atoms with van der Waals surface area (Å²) in [7, 11) is 1.73. The van der Waals surface area contributed by atoms with Crippen LogP contribution in [0, 0.1) is 0 Å². The zero-order chi connectivity index (χ0) is 23.8. The molecule has 186 valence electrons. The number of alkyl halides is 1. The maximum Gasteiger partial charge on any atom is 0.132 e. The zero-order valence-corrected chi connectivity index (χ0v) is 20.5. The largest absolute Gasteiger partial charge is 0.383 e. The standard InChI is InChI=1S/C25H35ClFN5O2/c1-33-14-11-28-18-5-7-19(8-6-18)31-24-15-20(21(26)16-29-24)22-3-2-4-23(32-22)30-17-25(27)9-12-34-13-10-25/h2-4,15-16,18-19,28H,5-14,17H2,1H3,(H,29,31)(H,30,32). The molecule has 34 heavy (non-hydrogen) atoms. The second kappa shape index (κ2) is 12.1. The number of ether oxygens (including phenoxy) is 2. The van der Waals surface area contributed by atoms with Gasteiger partial charge in [0.05, 0.1) is 23.9 Å². The Bertz CT molecular complexity index is 920. The number of aromatic nitrogens is 2. The highest BCUT2D eigenvalue weighted by Crippen LogP contribution is 2.31. The lowest BCUT2D eigenvalue weighted by atomic mass is 9.91. The molecule has 2 aromatic heterocycles. The Labute approximate surface area is 206 Å². The van der Waals surface area contributed by atoms with Gasteiger partial charge >= 0.3 is 0 Å². The summed E-state index contributed by atoms with van der Waals surface area (Å²) in [5.41, 5.74) is 0.268. The van der Waals surface area contributed by atoms with Crippen LogP contribution < -0.4 is 16.0 Å². The van der Waals surface area contributed by atoms with Gasteiger partial charge in [-0.25, -0.2) is 14.4 Å². The summed E-state index contributed by atoms with van der Waals surface area (Å²) in [6.07, 6.45) is 6.87. The molecule has 0 unspecified atom stereocenters. The van der Waals surface area contributed by atoms with Gasteiger partial charge in [0.1, 0.15) is 17.3 Å². The van der Waals surface area contributed by atoms with Gasteiger partial charge in [0.15, 0.2) is 0 Å². The van der Waals surface area contributed by atoms with Gasteiger partial charge in [-0.3, -0.25) is 0 Å². The summed E-state index contributed by atoms with van der Waals surface area (Å²) in [5, 5.41) is 10.8. The number of methoxy groups -OCH3 is 1. The van der Waals surface area contributed by atoms with Crippen LogP contribution in [0.25, 0.3) is 11.3 Å². The Kier molecular flexibility index (Phi) is 8.94. The summed E-state index contributed by atoms with van der Waals surface area (Å²) in [6.45, 7) is 2.76.